The van der Waals surface area contributed by atoms with Gasteiger partial charge in [0.15, 0.2) is 5.69 Å². The monoisotopic (exact) mass is 462 g/mol. The van der Waals surface area contributed by atoms with Gasteiger partial charge in [0, 0.05) is 25.3 Å². The zero-order chi connectivity index (χ0) is 24.1. The average molecular weight is 463 g/mol. The summed E-state index contributed by atoms with van der Waals surface area (Å²) in [4.78, 5) is 32.7. The first-order valence-corrected chi connectivity index (χ1v) is 11.4. The maximum Gasteiger partial charge on any atom is 0.276 e. The number of piperidine rings is 1. The number of anilines is 3. The highest BCUT2D eigenvalue weighted by molar-refractivity contribution is 6.07. The van der Waals surface area contributed by atoms with Gasteiger partial charge in [0.25, 0.3) is 5.91 Å². The van der Waals surface area contributed by atoms with Crippen molar-refractivity contribution in [2.24, 2.45) is 11.7 Å². The van der Waals surface area contributed by atoms with Gasteiger partial charge in [-0.15, -0.1) is 0 Å². The second kappa shape index (κ2) is 10.4. The first-order valence-electron chi connectivity index (χ1n) is 11.4. The first kappa shape index (κ1) is 23.4. The van der Waals surface area contributed by atoms with E-state index in [0.29, 0.717) is 35.5 Å². The highest BCUT2D eigenvalue weighted by atomic mass is 16.5. The van der Waals surface area contributed by atoms with Crippen molar-refractivity contribution < 1.29 is 9.53 Å². The largest absolute Gasteiger partial charge is 0.476 e. The molecule has 0 spiro atoms. The van der Waals surface area contributed by atoms with Gasteiger partial charge in [-0.2, -0.15) is 0 Å². The topological polar surface area (TPSA) is 145 Å². The molecule has 178 valence electrons. The van der Waals surface area contributed by atoms with Gasteiger partial charge in [0.1, 0.15) is 5.69 Å². The van der Waals surface area contributed by atoms with Crippen molar-refractivity contribution in [3.05, 3.63) is 48.7 Å². The van der Waals surface area contributed by atoms with E-state index in [4.69, 9.17) is 16.2 Å². The fourth-order valence-electron chi connectivity index (χ4n) is 3.76. The fourth-order valence-corrected chi connectivity index (χ4v) is 3.76. The smallest absolute Gasteiger partial charge is 0.276 e. The molecule has 4 heterocycles. The molecule has 10 heteroatoms. The van der Waals surface area contributed by atoms with E-state index in [1.165, 1.54) is 0 Å². The van der Waals surface area contributed by atoms with E-state index in [2.05, 4.69) is 44.0 Å². The number of carbonyl (C=O) groups excluding carboxylic acids is 1. The molecule has 1 amide bonds. The Morgan fingerprint density at radius 2 is 2.03 bits per heavy atom. The minimum atomic E-state index is -0.435. The third kappa shape index (κ3) is 5.57. The van der Waals surface area contributed by atoms with Crippen molar-refractivity contribution in [1.82, 2.24) is 19.9 Å². The summed E-state index contributed by atoms with van der Waals surface area (Å²) in [6.07, 6.45) is 8.42. The summed E-state index contributed by atoms with van der Waals surface area (Å²) < 4.78 is 5.66. The van der Waals surface area contributed by atoms with Crippen LogP contribution in [0.25, 0.3) is 11.4 Å². The molecule has 5 N–H and O–H groups in total. The molecule has 1 fully saturated rings. The van der Waals surface area contributed by atoms with E-state index >= 15 is 0 Å². The number of carbonyl (C=O) groups is 1. The Kier molecular flexibility index (Phi) is 7.17. The molecule has 4 rings (SSSR count). The zero-order valence-corrected chi connectivity index (χ0v) is 19.4. The summed E-state index contributed by atoms with van der Waals surface area (Å²) in [5.74, 6) is 0.319. The summed E-state index contributed by atoms with van der Waals surface area (Å²) >= 11 is 0. The van der Waals surface area contributed by atoms with E-state index in [1.807, 2.05) is 6.07 Å². The highest BCUT2D eigenvalue weighted by Gasteiger charge is 2.21. The zero-order valence-electron chi connectivity index (χ0n) is 19.4. The SMILES string of the molecule is CC(C)COc1cncc(-c2ccc(N)c(C(=O)Nc3cnccc3N3CCCC(N)C3)n2)n1. The number of rotatable bonds is 7. The normalized spacial score (nSPS) is 15.9. The molecule has 1 saturated heterocycles. The number of ether oxygens (including phenoxy) is 1. The van der Waals surface area contributed by atoms with Crippen LogP contribution in [0.15, 0.2) is 43.0 Å². The third-order valence-electron chi connectivity index (χ3n) is 5.43. The molecule has 0 aromatic carbocycles. The lowest BCUT2D eigenvalue weighted by Gasteiger charge is -2.33. The third-order valence-corrected chi connectivity index (χ3v) is 5.43. The molecule has 1 aliphatic rings. The van der Waals surface area contributed by atoms with Crippen LogP contribution in [-0.2, 0) is 0 Å². The maximum atomic E-state index is 13.2. The van der Waals surface area contributed by atoms with Crippen LogP contribution in [0.3, 0.4) is 0 Å². The lowest BCUT2D eigenvalue weighted by Crippen LogP contribution is -2.43. The van der Waals surface area contributed by atoms with E-state index in [0.717, 1.165) is 31.6 Å². The Bertz CT molecular complexity index is 1150. The lowest BCUT2D eigenvalue weighted by molar-refractivity contribution is 0.102. The van der Waals surface area contributed by atoms with Crippen LogP contribution in [-0.4, -0.2) is 51.6 Å². The maximum absolute atomic E-state index is 13.2. The van der Waals surface area contributed by atoms with Gasteiger partial charge in [-0.05, 0) is 37.0 Å². The molecule has 3 aromatic heterocycles. The average Bonchev–Trinajstić information content (AvgIpc) is 2.83. The second-order valence-corrected chi connectivity index (χ2v) is 8.78. The summed E-state index contributed by atoms with van der Waals surface area (Å²) in [5, 5.41) is 2.92. The molecular weight excluding hydrogens is 432 g/mol. The summed E-state index contributed by atoms with van der Waals surface area (Å²) in [6.45, 7) is 6.21. The fraction of sp³-hybridized carbons (Fsp3) is 0.375. The molecule has 1 unspecified atom stereocenters. The lowest BCUT2D eigenvalue weighted by atomic mass is 10.1. The second-order valence-electron chi connectivity index (χ2n) is 8.78. The van der Waals surface area contributed by atoms with E-state index in [-0.39, 0.29) is 17.4 Å². The Hall–Kier alpha value is -3.79. The number of nitrogens with zero attached hydrogens (tertiary/aromatic N) is 5. The van der Waals surface area contributed by atoms with Crippen molar-refractivity contribution in [2.75, 3.05) is 35.6 Å². The molecule has 0 saturated carbocycles. The number of pyridine rings is 2. The van der Waals surface area contributed by atoms with E-state index in [1.54, 1.807) is 36.9 Å². The van der Waals surface area contributed by atoms with Crippen molar-refractivity contribution in [1.29, 1.82) is 0 Å². The number of amides is 1. The summed E-state index contributed by atoms with van der Waals surface area (Å²) in [6, 6.07) is 5.31. The van der Waals surface area contributed by atoms with Gasteiger partial charge in [-0.1, -0.05) is 13.8 Å². The van der Waals surface area contributed by atoms with Crippen molar-refractivity contribution in [2.45, 2.75) is 32.7 Å². The highest BCUT2D eigenvalue weighted by Crippen LogP contribution is 2.28. The number of nitrogens with two attached hydrogens (primary N) is 2. The summed E-state index contributed by atoms with van der Waals surface area (Å²) in [5.41, 5.74) is 15.0. The molecule has 34 heavy (non-hydrogen) atoms. The molecule has 0 radical (unpaired) electrons. The van der Waals surface area contributed by atoms with Crippen LogP contribution in [0.5, 0.6) is 5.88 Å². The van der Waals surface area contributed by atoms with Crippen LogP contribution in [0.4, 0.5) is 17.1 Å². The van der Waals surface area contributed by atoms with Crippen LogP contribution in [0.1, 0.15) is 37.2 Å². The van der Waals surface area contributed by atoms with Crippen molar-refractivity contribution in [3.63, 3.8) is 0 Å². The van der Waals surface area contributed by atoms with Gasteiger partial charge in [0.2, 0.25) is 5.88 Å². The molecule has 0 aliphatic carbocycles. The van der Waals surface area contributed by atoms with Crippen LogP contribution >= 0.6 is 0 Å². The molecule has 0 bridgehead atoms. The Labute approximate surface area is 198 Å². The van der Waals surface area contributed by atoms with Crippen LogP contribution < -0.4 is 26.4 Å². The minimum Gasteiger partial charge on any atom is -0.476 e. The van der Waals surface area contributed by atoms with Gasteiger partial charge in [-0.3, -0.25) is 14.8 Å². The molecule has 3 aromatic rings. The predicted molar refractivity (Wildman–Crippen MR) is 132 cm³/mol. The van der Waals surface area contributed by atoms with Crippen LogP contribution in [0.2, 0.25) is 0 Å². The number of aromatic nitrogens is 4. The van der Waals surface area contributed by atoms with Gasteiger partial charge in [0.05, 0.1) is 48.0 Å². The van der Waals surface area contributed by atoms with Crippen molar-refractivity contribution >= 4 is 23.0 Å². The van der Waals surface area contributed by atoms with E-state index in [9.17, 15) is 4.79 Å². The quantitative estimate of drug-likeness (QED) is 0.482. The van der Waals surface area contributed by atoms with Crippen molar-refractivity contribution in [3.8, 4) is 17.3 Å². The molecular formula is C24H30N8O2. The van der Waals surface area contributed by atoms with Gasteiger partial charge < -0.3 is 26.4 Å². The number of nitrogen functional groups attached to an aromatic ring is 1. The Morgan fingerprint density at radius 3 is 2.82 bits per heavy atom. The minimum absolute atomic E-state index is 0.0953. The Balaban J connectivity index is 1.57. The number of hydrogen-bond acceptors (Lipinski definition) is 9. The molecule has 10 nitrogen and oxygen atoms in total. The summed E-state index contributed by atoms with van der Waals surface area (Å²) in [7, 11) is 0. The van der Waals surface area contributed by atoms with Gasteiger partial charge in [-0.25, -0.2) is 9.97 Å². The number of nitrogens with one attached hydrogen (secondary N) is 1. The van der Waals surface area contributed by atoms with Gasteiger partial charge >= 0.3 is 0 Å². The van der Waals surface area contributed by atoms with Crippen LogP contribution in [0, 0.1) is 5.92 Å². The molecule has 1 atom stereocenters. The van der Waals surface area contributed by atoms with E-state index < -0.39 is 5.91 Å². The standard InChI is InChI=1S/C24H30N8O2/c1-15(2)14-34-22-12-28-10-19(29-22)18-6-5-17(26)23(30-18)24(33)31-20-11-27-8-7-21(20)32-9-3-4-16(25)13-32/h5-8,10-12,15-16H,3-4,9,13-14,25-26H2,1-2H3,(H,31,33). The predicted octanol–water partition coefficient (Wildman–Crippen LogP) is 2.73. The molecule has 1 aliphatic heterocycles. The number of hydrogen-bond donors (Lipinski definition) is 3. The first-order chi connectivity index (χ1) is 16.4. The Morgan fingerprint density at radius 1 is 1.18 bits per heavy atom.